The van der Waals surface area contributed by atoms with Crippen LogP contribution in [0, 0.1) is 5.92 Å². The van der Waals surface area contributed by atoms with Crippen molar-refractivity contribution in [3.8, 4) is 0 Å². The number of nitrogens with one attached hydrogen (secondary N) is 1. The van der Waals surface area contributed by atoms with Crippen molar-refractivity contribution in [1.29, 1.82) is 0 Å². The molecule has 4 nitrogen and oxygen atoms in total. The van der Waals surface area contributed by atoms with E-state index in [1.54, 1.807) is 0 Å². The molecule has 24 heavy (non-hydrogen) atoms. The second kappa shape index (κ2) is 10.2. The Morgan fingerprint density at radius 2 is 2.00 bits per heavy atom. The van der Waals surface area contributed by atoms with Gasteiger partial charge in [-0.15, -0.1) is 0 Å². The lowest BCUT2D eigenvalue weighted by Crippen LogP contribution is -2.39. The molecule has 1 amide bonds. The monoisotopic (exact) mass is 339 g/mol. The molecular formula is C20H37NO3. The van der Waals surface area contributed by atoms with Crippen molar-refractivity contribution >= 4 is 5.91 Å². The van der Waals surface area contributed by atoms with Crippen molar-refractivity contribution in [2.75, 3.05) is 13.2 Å². The number of allylic oxidation sites excluding steroid dienone is 2. The van der Waals surface area contributed by atoms with Gasteiger partial charge in [0.05, 0.1) is 17.6 Å². The van der Waals surface area contributed by atoms with E-state index >= 15 is 0 Å². The number of carbonyl (C=O) groups excluding carboxylic acids is 1. The van der Waals surface area contributed by atoms with Gasteiger partial charge in [0.1, 0.15) is 0 Å². The fraction of sp³-hybridized carbons (Fsp3) is 0.850. The van der Waals surface area contributed by atoms with Crippen molar-refractivity contribution in [2.45, 2.75) is 90.3 Å². The fourth-order valence-corrected chi connectivity index (χ4v) is 2.95. The molecule has 1 atom stereocenters. The Hall–Kier alpha value is -0.870. The number of ether oxygens (including phenoxy) is 1. The van der Waals surface area contributed by atoms with Crippen LogP contribution in [-0.2, 0) is 9.53 Å². The lowest BCUT2D eigenvalue weighted by atomic mass is 9.86. The topological polar surface area (TPSA) is 58.6 Å². The molecule has 4 heteroatoms. The summed E-state index contributed by atoms with van der Waals surface area (Å²) in [5.41, 5.74) is -1.08. The molecule has 2 N–H and O–H groups in total. The molecule has 0 heterocycles. The Balaban J connectivity index is 2.28. The Labute approximate surface area is 148 Å². The van der Waals surface area contributed by atoms with Crippen molar-refractivity contribution < 1.29 is 14.6 Å². The van der Waals surface area contributed by atoms with E-state index < -0.39 is 5.60 Å². The van der Waals surface area contributed by atoms with E-state index in [-0.39, 0.29) is 17.9 Å². The highest BCUT2D eigenvalue weighted by Gasteiger charge is 2.29. The summed E-state index contributed by atoms with van der Waals surface area (Å²) < 4.78 is 5.91. The summed E-state index contributed by atoms with van der Waals surface area (Å²) in [4.78, 5) is 12.2. The number of amides is 1. The van der Waals surface area contributed by atoms with E-state index in [1.165, 1.54) is 0 Å². The second-order valence-electron chi connectivity index (χ2n) is 8.19. The van der Waals surface area contributed by atoms with E-state index in [9.17, 15) is 9.90 Å². The predicted molar refractivity (Wildman–Crippen MR) is 98.9 cm³/mol. The average molecular weight is 340 g/mol. The third-order valence-electron chi connectivity index (χ3n) is 4.68. The van der Waals surface area contributed by atoms with Crippen LogP contribution in [0.4, 0.5) is 0 Å². The van der Waals surface area contributed by atoms with Crippen LogP contribution in [0.1, 0.15) is 79.1 Å². The van der Waals surface area contributed by atoms with E-state index in [0.717, 1.165) is 38.7 Å². The largest absolute Gasteiger partial charge is 0.389 e. The van der Waals surface area contributed by atoms with Crippen molar-refractivity contribution in [2.24, 2.45) is 5.92 Å². The van der Waals surface area contributed by atoms with Crippen molar-refractivity contribution in [1.82, 2.24) is 5.32 Å². The number of carbonyl (C=O) groups is 1. The highest BCUT2D eigenvalue weighted by atomic mass is 16.5. The molecule has 0 saturated heterocycles. The average Bonchev–Trinajstić information content (AvgIpc) is 2.42. The summed E-state index contributed by atoms with van der Waals surface area (Å²) >= 11 is 0. The van der Waals surface area contributed by atoms with E-state index in [2.05, 4.69) is 45.2 Å². The Kier molecular flexibility index (Phi) is 8.99. The molecule has 1 aliphatic carbocycles. The molecule has 0 bridgehead atoms. The molecule has 0 saturated carbocycles. The Morgan fingerprint density at radius 1 is 1.29 bits per heavy atom. The molecular weight excluding hydrogens is 302 g/mol. The van der Waals surface area contributed by atoms with E-state index in [4.69, 9.17) is 4.74 Å². The van der Waals surface area contributed by atoms with Crippen LogP contribution >= 0.6 is 0 Å². The van der Waals surface area contributed by atoms with Gasteiger partial charge in [0.25, 0.3) is 0 Å². The van der Waals surface area contributed by atoms with E-state index in [1.807, 2.05) is 0 Å². The lowest BCUT2D eigenvalue weighted by Gasteiger charge is -2.29. The highest BCUT2D eigenvalue weighted by molar-refractivity contribution is 5.77. The third kappa shape index (κ3) is 9.43. The Morgan fingerprint density at radius 3 is 2.71 bits per heavy atom. The third-order valence-corrected chi connectivity index (χ3v) is 4.68. The zero-order valence-electron chi connectivity index (χ0n) is 16.1. The van der Waals surface area contributed by atoms with Crippen LogP contribution in [0.25, 0.3) is 0 Å². The SMILES string of the molecule is CC(C)CCOC(C)(C)CCNC(=O)C[C@@]1(O)CC/C=C/CCC1. The standard InChI is InChI=1S/C20H37NO3/c1-17(2)10-15-24-19(3,4)13-14-21-18(22)16-20(23)11-8-6-5-7-9-12-20/h5-6,17,23H,7-16H2,1-4H3,(H,21,22)/b6-5+/t20-/m1/s1. The summed E-state index contributed by atoms with van der Waals surface area (Å²) in [7, 11) is 0. The summed E-state index contributed by atoms with van der Waals surface area (Å²) in [5.74, 6) is 0.583. The van der Waals surface area contributed by atoms with Gasteiger partial charge in [-0.1, -0.05) is 26.0 Å². The number of aliphatic hydroxyl groups is 1. The second-order valence-corrected chi connectivity index (χ2v) is 8.19. The summed E-state index contributed by atoms with van der Waals surface area (Å²) in [5, 5.41) is 13.6. The number of rotatable bonds is 9. The Bertz CT molecular complexity index is 404. The molecule has 0 aromatic rings. The molecule has 0 fully saturated rings. The smallest absolute Gasteiger partial charge is 0.222 e. The molecule has 0 aliphatic heterocycles. The molecule has 0 radical (unpaired) electrons. The molecule has 0 aromatic heterocycles. The van der Waals surface area contributed by atoms with E-state index in [0.29, 0.717) is 25.3 Å². The van der Waals surface area contributed by atoms with Gasteiger partial charge < -0.3 is 15.2 Å². The van der Waals surface area contributed by atoms with Crippen LogP contribution in [0.2, 0.25) is 0 Å². The maximum Gasteiger partial charge on any atom is 0.222 e. The van der Waals surface area contributed by atoms with Crippen molar-refractivity contribution in [3.05, 3.63) is 12.2 Å². The van der Waals surface area contributed by atoms with Gasteiger partial charge in [0, 0.05) is 13.2 Å². The minimum absolute atomic E-state index is 0.0555. The van der Waals surface area contributed by atoms with Gasteiger partial charge in [-0.3, -0.25) is 4.79 Å². The normalized spacial score (nSPS) is 23.6. The quantitative estimate of drug-likeness (QED) is 0.625. The van der Waals surface area contributed by atoms with Crippen LogP contribution < -0.4 is 5.32 Å². The number of hydrogen-bond acceptors (Lipinski definition) is 3. The van der Waals surface area contributed by atoms with Crippen LogP contribution in [0.5, 0.6) is 0 Å². The van der Waals surface area contributed by atoms with Gasteiger partial charge in [0.2, 0.25) is 5.91 Å². The van der Waals surface area contributed by atoms with Gasteiger partial charge in [-0.25, -0.2) is 0 Å². The predicted octanol–water partition coefficient (Wildman–Crippen LogP) is 3.98. The first kappa shape index (κ1) is 21.2. The van der Waals surface area contributed by atoms with Gasteiger partial charge in [0.15, 0.2) is 0 Å². The van der Waals surface area contributed by atoms with Crippen molar-refractivity contribution in [3.63, 3.8) is 0 Å². The zero-order valence-corrected chi connectivity index (χ0v) is 16.1. The van der Waals surface area contributed by atoms with Gasteiger partial charge in [-0.05, 0) is 64.7 Å². The van der Waals surface area contributed by atoms with Crippen LogP contribution in [0.15, 0.2) is 12.2 Å². The van der Waals surface area contributed by atoms with Gasteiger partial charge >= 0.3 is 0 Å². The first-order valence-electron chi connectivity index (χ1n) is 9.50. The van der Waals surface area contributed by atoms with Gasteiger partial charge in [-0.2, -0.15) is 0 Å². The molecule has 0 aromatic carbocycles. The fourth-order valence-electron chi connectivity index (χ4n) is 2.95. The first-order valence-corrected chi connectivity index (χ1v) is 9.50. The minimum atomic E-state index is -0.849. The minimum Gasteiger partial charge on any atom is -0.389 e. The first-order chi connectivity index (χ1) is 11.2. The highest BCUT2D eigenvalue weighted by Crippen LogP contribution is 2.26. The molecule has 1 aliphatic rings. The maximum absolute atomic E-state index is 12.2. The molecule has 0 spiro atoms. The van der Waals surface area contributed by atoms with Crippen LogP contribution in [0.3, 0.4) is 0 Å². The zero-order chi connectivity index (χ0) is 18.1. The lowest BCUT2D eigenvalue weighted by molar-refractivity contribution is -0.127. The summed E-state index contributed by atoms with van der Waals surface area (Å²) in [6, 6.07) is 0. The summed E-state index contributed by atoms with van der Waals surface area (Å²) in [6.07, 6.45) is 10.5. The maximum atomic E-state index is 12.2. The summed E-state index contributed by atoms with van der Waals surface area (Å²) in [6.45, 7) is 9.84. The molecule has 0 unspecified atom stereocenters. The molecule has 1 rings (SSSR count). The van der Waals surface area contributed by atoms with Crippen LogP contribution in [-0.4, -0.2) is 35.4 Å². The number of hydrogen-bond donors (Lipinski definition) is 2. The molecule has 140 valence electrons.